The zero-order valence-corrected chi connectivity index (χ0v) is 13.5. The average molecular weight is 338 g/mol. The molecular weight excluding hydrogens is 321 g/mol. The first-order valence-corrected chi connectivity index (χ1v) is 8.03. The fraction of sp³-hybridized carbons (Fsp3) is 0.0909. The van der Waals surface area contributed by atoms with E-state index in [0.717, 1.165) is 5.56 Å². The van der Waals surface area contributed by atoms with Crippen LogP contribution in [0.3, 0.4) is 0 Å². The van der Waals surface area contributed by atoms with Crippen LogP contribution < -0.4 is 0 Å². The minimum absolute atomic E-state index is 0.00218. The van der Waals surface area contributed by atoms with E-state index in [4.69, 9.17) is 0 Å². The molecule has 3 heteroatoms. The van der Waals surface area contributed by atoms with Gasteiger partial charge in [0.05, 0.1) is 0 Å². The highest BCUT2D eigenvalue weighted by Gasteiger charge is 2.13. The Morgan fingerprint density at radius 1 is 0.760 bits per heavy atom. The third kappa shape index (κ3) is 4.60. The summed E-state index contributed by atoms with van der Waals surface area (Å²) >= 11 is 0. The van der Waals surface area contributed by atoms with E-state index in [-0.39, 0.29) is 12.2 Å². The molecule has 0 amide bonds. The van der Waals surface area contributed by atoms with Crippen LogP contribution in [-0.4, -0.2) is 0 Å². The average Bonchev–Trinajstić information content (AvgIpc) is 2.64. The van der Waals surface area contributed by atoms with Crippen LogP contribution in [-0.2, 0) is 6.42 Å². The Morgan fingerprint density at radius 2 is 1.40 bits per heavy atom. The van der Waals surface area contributed by atoms with Crippen LogP contribution in [0.1, 0.15) is 28.4 Å². The summed E-state index contributed by atoms with van der Waals surface area (Å²) in [6.07, 6.45) is 2.27. The SMILES string of the molecule is Fc1ccc(C=Cc2ccc(C[C@@H](F)c3ccccc3)c(F)c2)cc1. The molecule has 0 unspecified atom stereocenters. The van der Waals surface area contributed by atoms with E-state index in [0.29, 0.717) is 16.7 Å². The Bertz CT molecular complexity index is 852. The summed E-state index contributed by atoms with van der Waals surface area (Å²) in [6, 6.07) is 19.5. The summed E-state index contributed by atoms with van der Waals surface area (Å²) < 4.78 is 41.4. The van der Waals surface area contributed by atoms with Gasteiger partial charge in [0, 0.05) is 6.42 Å². The Kier molecular flexibility index (Phi) is 5.34. The molecule has 126 valence electrons. The molecular formula is C22H17F3. The van der Waals surface area contributed by atoms with Gasteiger partial charge in [0.2, 0.25) is 0 Å². The van der Waals surface area contributed by atoms with Crippen molar-refractivity contribution in [1.29, 1.82) is 0 Å². The third-order valence-corrected chi connectivity index (χ3v) is 3.98. The predicted octanol–water partition coefficient (Wildman–Crippen LogP) is 6.39. The molecule has 3 rings (SSSR count). The number of alkyl halides is 1. The first-order valence-electron chi connectivity index (χ1n) is 8.03. The predicted molar refractivity (Wildman–Crippen MR) is 95.7 cm³/mol. The smallest absolute Gasteiger partial charge is 0.129 e. The molecule has 0 heterocycles. The molecule has 0 saturated heterocycles. The van der Waals surface area contributed by atoms with Crippen molar-refractivity contribution in [2.45, 2.75) is 12.6 Å². The number of hydrogen-bond donors (Lipinski definition) is 0. The molecule has 0 aliphatic heterocycles. The molecule has 0 N–H and O–H groups in total. The number of hydrogen-bond acceptors (Lipinski definition) is 0. The molecule has 0 bridgehead atoms. The molecule has 0 fully saturated rings. The molecule has 1 atom stereocenters. The molecule has 3 aromatic carbocycles. The van der Waals surface area contributed by atoms with E-state index in [1.54, 1.807) is 60.7 Å². The number of benzene rings is 3. The highest BCUT2D eigenvalue weighted by atomic mass is 19.1. The van der Waals surface area contributed by atoms with E-state index in [9.17, 15) is 13.2 Å². The standard InChI is InChI=1S/C22H17F3/c23-20-12-9-16(10-13-20)6-7-17-8-11-19(21(24)14-17)15-22(25)18-4-2-1-3-5-18/h1-14,22H,15H2/t22-/m1/s1. The van der Waals surface area contributed by atoms with E-state index in [1.165, 1.54) is 18.2 Å². The largest absolute Gasteiger partial charge is 0.242 e. The van der Waals surface area contributed by atoms with Gasteiger partial charge in [0.1, 0.15) is 17.8 Å². The molecule has 0 aliphatic carbocycles. The molecule has 25 heavy (non-hydrogen) atoms. The lowest BCUT2D eigenvalue weighted by molar-refractivity contribution is 0.338. The van der Waals surface area contributed by atoms with Gasteiger partial charge in [-0.1, -0.05) is 66.7 Å². The fourth-order valence-electron chi connectivity index (χ4n) is 2.57. The van der Waals surface area contributed by atoms with Gasteiger partial charge in [-0.25, -0.2) is 13.2 Å². The zero-order valence-electron chi connectivity index (χ0n) is 13.5. The normalized spacial score (nSPS) is 12.4. The highest BCUT2D eigenvalue weighted by molar-refractivity contribution is 5.69. The second-order valence-corrected chi connectivity index (χ2v) is 5.82. The minimum Gasteiger partial charge on any atom is -0.242 e. The Morgan fingerprint density at radius 3 is 2.08 bits per heavy atom. The molecule has 3 aromatic rings. The van der Waals surface area contributed by atoms with Crippen LogP contribution in [0.2, 0.25) is 0 Å². The van der Waals surface area contributed by atoms with Crippen LogP contribution in [0.15, 0.2) is 72.8 Å². The molecule has 0 aliphatic rings. The first kappa shape index (κ1) is 17.0. The zero-order chi connectivity index (χ0) is 17.6. The number of rotatable bonds is 5. The summed E-state index contributed by atoms with van der Waals surface area (Å²) in [5.41, 5.74) is 2.37. The second kappa shape index (κ2) is 7.84. The van der Waals surface area contributed by atoms with E-state index in [2.05, 4.69) is 0 Å². The van der Waals surface area contributed by atoms with Gasteiger partial charge in [0.15, 0.2) is 0 Å². The maximum atomic E-state index is 14.3. The Hall–Kier alpha value is -2.81. The molecule has 0 radical (unpaired) electrons. The molecule has 0 aromatic heterocycles. The maximum Gasteiger partial charge on any atom is 0.129 e. The minimum atomic E-state index is -1.24. The second-order valence-electron chi connectivity index (χ2n) is 5.82. The van der Waals surface area contributed by atoms with Gasteiger partial charge < -0.3 is 0 Å². The van der Waals surface area contributed by atoms with Gasteiger partial charge in [-0.3, -0.25) is 0 Å². The number of halogens is 3. The topological polar surface area (TPSA) is 0 Å². The van der Waals surface area contributed by atoms with Gasteiger partial charge in [0.25, 0.3) is 0 Å². The Labute approximate surface area is 145 Å². The summed E-state index contributed by atoms with van der Waals surface area (Å²) in [5.74, 6) is -0.730. The van der Waals surface area contributed by atoms with E-state index < -0.39 is 12.0 Å². The van der Waals surface area contributed by atoms with Crippen molar-refractivity contribution in [2.24, 2.45) is 0 Å². The van der Waals surface area contributed by atoms with Crippen LogP contribution in [0.25, 0.3) is 12.2 Å². The monoisotopic (exact) mass is 338 g/mol. The van der Waals surface area contributed by atoms with Gasteiger partial charge in [-0.15, -0.1) is 0 Å². The highest BCUT2D eigenvalue weighted by Crippen LogP contribution is 2.24. The molecule has 0 nitrogen and oxygen atoms in total. The van der Waals surface area contributed by atoms with Gasteiger partial charge in [-0.05, 0) is 40.5 Å². The van der Waals surface area contributed by atoms with Crippen molar-refractivity contribution >= 4 is 12.2 Å². The van der Waals surface area contributed by atoms with E-state index in [1.807, 2.05) is 6.07 Å². The van der Waals surface area contributed by atoms with Crippen LogP contribution >= 0.6 is 0 Å². The van der Waals surface area contributed by atoms with E-state index >= 15 is 0 Å². The third-order valence-electron chi connectivity index (χ3n) is 3.98. The first-order chi connectivity index (χ1) is 12.1. The fourth-order valence-corrected chi connectivity index (χ4v) is 2.57. The summed E-state index contributed by atoms with van der Waals surface area (Å²) in [6.45, 7) is 0. The van der Waals surface area contributed by atoms with Gasteiger partial charge >= 0.3 is 0 Å². The van der Waals surface area contributed by atoms with Crippen LogP contribution in [0.5, 0.6) is 0 Å². The van der Waals surface area contributed by atoms with Crippen molar-refractivity contribution in [3.8, 4) is 0 Å². The lowest BCUT2D eigenvalue weighted by atomic mass is 10.0. The van der Waals surface area contributed by atoms with Crippen LogP contribution in [0.4, 0.5) is 13.2 Å². The summed E-state index contributed by atoms with van der Waals surface area (Å²) in [7, 11) is 0. The van der Waals surface area contributed by atoms with Crippen molar-refractivity contribution in [3.63, 3.8) is 0 Å². The maximum absolute atomic E-state index is 14.3. The quantitative estimate of drug-likeness (QED) is 0.473. The van der Waals surface area contributed by atoms with Crippen molar-refractivity contribution in [3.05, 3.63) is 107 Å². The van der Waals surface area contributed by atoms with Gasteiger partial charge in [-0.2, -0.15) is 0 Å². The summed E-state index contributed by atoms with van der Waals surface area (Å²) in [4.78, 5) is 0. The van der Waals surface area contributed by atoms with Crippen molar-refractivity contribution in [1.82, 2.24) is 0 Å². The molecule has 0 spiro atoms. The van der Waals surface area contributed by atoms with Crippen LogP contribution in [0, 0.1) is 11.6 Å². The Balaban J connectivity index is 1.71. The lowest BCUT2D eigenvalue weighted by Gasteiger charge is -2.10. The van der Waals surface area contributed by atoms with Crippen molar-refractivity contribution in [2.75, 3.05) is 0 Å². The lowest BCUT2D eigenvalue weighted by Crippen LogP contribution is -1.99. The summed E-state index contributed by atoms with van der Waals surface area (Å²) in [5, 5.41) is 0. The molecule has 0 saturated carbocycles. The van der Waals surface area contributed by atoms with Crippen molar-refractivity contribution < 1.29 is 13.2 Å².